The van der Waals surface area contributed by atoms with E-state index in [1.807, 2.05) is 32.0 Å². The molecule has 108 valence electrons. The van der Waals surface area contributed by atoms with Gasteiger partial charge < -0.3 is 10.0 Å². The molecule has 0 aliphatic carbocycles. The van der Waals surface area contributed by atoms with Gasteiger partial charge in [-0.1, -0.05) is 35.0 Å². The Labute approximate surface area is 126 Å². The Bertz CT molecular complexity index is 544. The molecule has 0 aromatic heterocycles. The summed E-state index contributed by atoms with van der Waals surface area (Å²) in [6, 6.07) is 5.43. The van der Waals surface area contributed by atoms with E-state index < -0.39 is 11.9 Å². The Balaban J connectivity index is 2.43. The highest BCUT2D eigenvalue weighted by Crippen LogP contribution is 2.39. The summed E-state index contributed by atoms with van der Waals surface area (Å²) in [7, 11) is 0. The maximum Gasteiger partial charge on any atom is 0.309 e. The fraction of sp³-hybridized carbons (Fsp3) is 0.467. The number of hydrogen-bond acceptors (Lipinski definition) is 2. The van der Waals surface area contributed by atoms with Gasteiger partial charge in [-0.25, -0.2) is 0 Å². The molecule has 20 heavy (non-hydrogen) atoms. The second-order valence-corrected chi connectivity index (χ2v) is 6.04. The van der Waals surface area contributed by atoms with E-state index in [1.165, 1.54) is 0 Å². The van der Waals surface area contributed by atoms with Crippen LogP contribution in [0.2, 0.25) is 0 Å². The summed E-state index contributed by atoms with van der Waals surface area (Å²) in [5.74, 6) is -1.64. The molecule has 0 bridgehead atoms. The number of aliphatic carboxylic acids is 1. The van der Waals surface area contributed by atoms with Gasteiger partial charge >= 0.3 is 5.97 Å². The Morgan fingerprint density at radius 1 is 1.50 bits per heavy atom. The quantitative estimate of drug-likeness (QED) is 0.916. The number of benzene rings is 1. The molecule has 4 nitrogen and oxygen atoms in total. The maximum absolute atomic E-state index is 12.1. The number of halogens is 1. The molecule has 2 rings (SSSR count). The van der Waals surface area contributed by atoms with Gasteiger partial charge in [0.25, 0.3) is 0 Å². The lowest BCUT2D eigenvalue weighted by Gasteiger charge is -2.27. The number of aryl methyl sites for hydroxylation is 1. The molecule has 0 saturated carbocycles. The number of rotatable bonds is 4. The average molecular weight is 340 g/mol. The van der Waals surface area contributed by atoms with Gasteiger partial charge in [0, 0.05) is 17.4 Å². The number of likely N-dealkylation sites (tertiary alicyclic amines) is 1. The molecular formula is C15H18BrNO3. The summed E-state index contributed by atoms with van der Waals surface area (Å²) in [4.78, 5) is 25.2. The van der Waals surface area contributed by atoms with E-state index in [0.717, 1.165) is 22.0 Å². The average Bonchev–Trinajstić information content (AvgIpc) is 2.71. The van der Waals surface area contributed by atoms with Crippen molar-refractivity contribution >= 4 is 27.8 Å². The molecule has 1 amide bonds. The van der Waals surface area contributed by atoms with Gasteiger partial charge in [0.1, 0.15) is 0 Å². The molecule has 1 aliphatic rings. The Morgan fingerprint density at radius 3 is 2.75 bits per heavy atom. The number of carbonyl (C=O) groups is 2. The molecule has 2 unspecified atom stereocenters. The minimum Gasteiger partial charge on any atom is -0.481 e. The molecule has 5 heteroatoms. The first kappa shape index (κ1) is 15.0. The summed E-state index contributed by atoms with van der Waals surface area (Å²) >= 11 is 3.47. The van der Waals surface area contributed by atoms with E-state index in [-0.39, 0.29) is 18.4 Å². The number of hydrogen-bond donors (Lipinski definition) is 1. The van der Waals surface area contributed by atoms with Gasteiger partial charge in [-0.3, -0.25) is 9.59 Å². The molecule has 1 fully saturated rings. The van der Waals surface area contributed by atoms with Crippen molar-refractivity contribution in [3.63, 3.8) is 0 Å². The monoisotopic (exact) mass is 339 g/mol. The normalized spacial score (nSPS) is 22.4. The fourth-order valence-electron chi connectivity index (χ4n) is 2.72. The second kappa shape index (κ2) is 5.95. The van der Waals surface area contributed by atoms with E-state index in [9.17, 15) is 14.7 Å². The zero-order chi connectivity index (χ0) is 14.9. The molecule has 1 N–H and O–H groups in total. The van der Waals surface area contributed by atoms with Crippen LogP contribution in [-0.4, -0.2) is 28.4 Å². The van der Waals surface area contributed by atoms with Crippen LogP contribution in [0.4, 0.5) is 0 Å². The van der Waals surface area contributed by atoms with E-state index in [0.29, 0.717) is 6.54 Å². The topological polar surface area (TPSA) is 57.6 Å². The van der Waals surface area contributed by atoms with Crippen LogP contribution in [0.25, 0.3) is 0 Å². The van der Waals surface area contributed by atoms with Crippen LogP contribution < -0.4 is 0 Å². The fourth-order valence-corrected chi connectivity index (χ4v) is 3.12. The predicted molar refractivity (Wildman–Crippen MR) is 79.4 cm³/mol. The molecule has 1 aromatic rings. The van der Waals surface area contributed by atoms with Crippen molar-refractivity contribution in [3.8, 4) is 0 Å². The number of carbonyl (C=O) groups excluding carboxylic acids is 1. The molecular weight excluding hydrogens is 322 g/mol. The van der Waals surface area contributed by atoms with Crippen molar-refractivity contribution in [1.82, 2.24) is 4.90 Å². The first-order valence-electron chi connectivity index (χ1n) is 6.74. The van der Waals surface area contributed by atoms with Crippen LogP contribution in [0.5, 0.6) is 0 Å². The standard InChI is InChI=1S/C15H18BrNO3/c1-3-6-17-13(18)8-11(15(19)20)14(17)10-5-4-9(2)12(16)7-10/h4-5,7,11,14H,3,6,8H2,1-2H3,(H,19,20). The summed E-state index contributed by atoms with van der Waals surface area (Å²) in [6.07, 6.45) is 0.910. The first-order valence-corrected chi connectivity index (χ1v) is 7.53. The van der Waals surface area contributed by atoms with Gasteiger partial charge in [-0.15, -0.1) is 0 Å². The SMILES string of the molecule is CCCN1C(=O)CC(C(=O)O)C1c1ccc(C)c(Br)c1. The van der Waals surface area contributed by atoms with Crippen molar-refractivity contribution < 1.29 is 14.7 Å². The highest BCUT2D eigenvalue weighted by molar-refractivity contribution is 9.10. The third kappa shape index (κ3) is 2.73. The largest absolute Gasteiger partial charge is 0.481 e. The molecule has 1 heterocycles. The number of amides is 1. The van der Waals surface area contributed by atoms with Crippen LogP contribution in [0.3, 0.4) is 0 Å². The summed E-state index contributed by atoms with van der Waals surface area (Å²) in [5.41, 5.74) is 1.97. The number of nitrogens with zero attached hydrogens (tertiary/aromatic N) is 1. The van der Waals surface area contributed by atoms with Crippen molar-refractivity contribution in [1.29, 1.82) is 0 Å². The van der Waals surface area contributed by atoms with E-state index in [2.05, 4.69) is 15.9 Å². The highest BCUT2D eigenvalue weighted by Gasteiger charge is 2.44. The van der Waals surface area contributed by atoms with Gasteiger partial charge in [-0.05, 0) is 30.5 Å². The summed E-state index contributed by atoms with van der Waals surface area (Å²) in [5, 5.41) is 9.38. The van der Waals surface area contributed by atoms with E-state index >= 15 is 0 Å². The lowest BCUT2D eigenvalue weighted by atomic mass is 9.93. The lowest BCUT2D eigenvalue weighted by molar-refractivity contribution is -0.142. The maximum atomic E-state index is 12.1. The van der Waals surface area contributed by atoms with Gasteiger partial charge in [0.05, 0.1) is 12.0 Å². The Kier molecular flexibility index (Phi) is 4.48. The zero-order valence-electron chi connectivity index (χ0n) is 11.6. The molecule has 2 atom stereocenters. The van der Waals surface area contributed by atoms with Gasteiger partial charge in [0.15, 0.2) is 0 Å². The minimum absolute atomic E-state index is 0.0686. The zero-order valence-corrected chi connectivity index (χ0v) is 13.2. The van der Waals surface area contributed by atoms with Crippen LogP contribution >= 0.6 is 15.9 Å². The molecule has 1 saturated heterocycles. The second-order valence-electron chi connectivity index (χ2n) is 5.19. The number of carboxylic acid groups (broad SMARTS) is 1. The molecule has 1 aromatic carbocycles. The van der Waals surface area contributed by atoms with Gasteiger partial charge in [0.2, 0.25) is 5.91 Å². The predicted octanol–water partition coefficient (Wildman–Crippen LogP) is 3.14. The van der Waals surface area contributed by atoms with Crippen molar-refractivity contribution in [2.45, 2.75) is 32.7 Å². The van der Waals surface area contributed by atoms with Crippen molar-refractivity contribution in [3.05, 3.63) is 33.8 Å². The molecule has 0 radical (unpaired) electrons. The molecule has 1 aliphatic heterocycles. The van der Waals surface area contributed by atoms with E-state index in [1.54, 1.807) is 4.90 Å². The smallest absolute Gasteiger partial charge is 0.309 e. The Hall–Kier alpha value is -1.36. The summed E-state index contributed by atoms with van der Waals surface area (Å²) in [6.45, 7) is 4.56. The highest BCUT2D eigenvalue weighted by atomic mass is 79.9. The van der Waals surface area contributed by atoms with E-state index in [4.69, 9.17) is 0 Å². The van der Waals surface area contributed by atoms with Crippen LogP contribution in [0.1, 0.15) is 36.9 Å². The summed E-state index contributed by atoms with van der Waals surface area (Å²) < 4.78 is 0.940. The number of carboxylic acids is 1. The van der Waals surface area contributed by atoms with Crippen molar-refractivity contribution in [2.75, 3.05) is 6.54 Å². The third-order valence-corrected chi connectivity index (χ3v) is 4.61. The van der Waals surface area contributed by atoms with Crippen LogP contribution in [0, 0.1) is 12.8 Å². The minimum atomic E-state index is -0.904. The van der Waals surface area contributed by atoms with Crippen LogP contribution in [0.15, 0.2) is 22.7 Å². The first-order chi connectivity index (χ1) is 9.45. The van der Waals surface area contributed by atoms with Crippen LogP contribution in [-0.2, 0) is 9.59 Å². The van der Waals surface area contributed by atoms with Gasteiger partial charge in [-0.2, -0.15) is 0 Å². The molecule has 0 spiro atoms. The third-order valence-electron chi connectivity index (χ3n) is 3.75. The van der Waals surface area contributed by atoms with Crippen molar-refractivity contribution in [2.24, 2.45) is 5.92 Å². The lowest BCUT2D eigenvalue weighted by Crippen LogP contribution is -2.31. The Morgan fingerprint density at radius 2 is 2.20 bits per heavy atom.